The fraction of sp³-hybridized carbons (Fsp3) is 0.583. The van der Waals surface area contributed by atoms with Crippen LogP contribution in [0.4, 0.5) is 0 Å². The Bertz CT molecular complexity index is 340. The van der Waals surface area contributed by atoms with Crippen molar-refractivity contribution >= 4 is 17.1 Å². The van der Waals surface area contributed by atoms with Crippen molar-refractivity contribution < 1.29 is 14.4 Å². The van der Waals surface area contributed by atoms with Crippen LogP contribution in [0.25, 0.3) is 0 Å². The van der Waals surface area contributed by atoms with Crippen molar-refractivity contribution in [3.05, 3.63) is 22.4 Å². The summed E-state index contributed by atoms with van der Waals surface area (Å²) in [6.07, 6.45) is 0.518. The van der Waals surface area contributed by atoms with Crippen LogP contribution in [0.15, 0.2) is 17.5 Å². The average Bonchev–Trinajstić information content (AvgIpc) is 2.68. The molecule has 0 radical (unpaired) electrons. The van der Waals surface area contributed by atoms with Crippen molar-refractivity contribution in [3.8, 4) is 0 Å². The zero-order chi connectivity index (χ0) is 11.5. The van der Waals surface area contributed by atoms with Crippen molar-refractivity contribution in [1.82, 2.24) is 0 Å². The van der Waals surface area contributed by atoms with Crippen molar-refractivity contribution in [2.75, 3.05) is 19.6 Å². The Kier molecular flexibility index (Phi) is 3.74. The van der Waals surface area contributed by atoms with Gasteiger partial charge in [-0.15, -0.1) is 11.3 Å². The highest BCUT2D eigenvalue weighted by molar-refractivity contribution is 7.12. The summed E-state index contributed by atoms with van der Waals surface area (Å²) in [7, 11) is 0. The maximum atomic E-state index is 11.9. The maximum absolute atomic E-state index is 11.9. The highest BCUT2D eigenvalue weighted by Crippen LogP contribution is 2.08. The first kappa shape index (κ1) is 11.8. The number of thiophene rings is 1. The molecule has 1 fully saturated rings. The van der Waals surface area contributed by atoms with E-state index in [9.17, 15) is 4.79 Å². The van der Waals surface area contributed by atoms with Crippen LogP contribution in [0.1, 0.15) is 23.5 Å². The third-order valence-corrected chi connectivity index (χ3v) is 3.73. The van der Waals surface area contributed by atoms with Crippen LogP contribution < -0.4 is 4.90 Å². The molecule has 0 unspecified atom stereocenters. The van der Waals surface area contributed by atoms with Crippen LogP contribution in [0.5, 0.6) is 0 Å². The quantitative estimate of drug-likeness (QED) is 0.785. The van der Waals surface area contributed by atoms with Crippen LogP contribution >= 0.6 is 11.3 Å². The SMILES string of the molecule is C[C@@H]1C[NH+](CC(=O)c2cccs2)C[C@@H](C)O1. The predicted octanol–water partition coefficient (Wildman–Crippen LogP) is 0.623. The van der Waals surface area contributed by atoms with Crippen molar-refractivity contribution in [2.45, 2.75) is 26.1 Å². The monoisotopic (exact) mass is 240 g/mol. The topological polar surface area (TPSA) is 30.7 Å². The molecule has 16 heavy (non-hydrogen) atoms. The molecule has 0 amide bonds. The fourth-order valence-electron chi connectivity index (χ4n) is 2.28. The molecular weight excluding hydrogens is 222 g/mol. The van der Waals surface area contributed by atoms with E-state index < -0.39 is 0 Å². The summed E-state index contributed by atoms with van der Waals surface area (Å²) in [6, 6.07) is 3.83. The van der Waals surface area contributed by atoms with Gasteiger partial charge in [-0.3, -0.25) is 4.79 Å². The van der Waals surface area contributed by atoms with E-state index in [1.807, 2.05) is 17.5 Å². The van der Waals surface area contributed by atoms with Crippen LogP contribution in [0, 0.1) is 0 Å². The predicted molar refractivity (Wildman–Crippen MR) is 64.2 cm³/mol. The third-order valence-electron chi connectivity index (χ3n) is 2.82. The largest absolute Gasteiger partial charge is 0.364 e. The second kappa shape index (κ2) is 5.08. The van der Waals surface area contributed by atoms with E-state index in [-0.39, 0.29) is 18.0 Å². The first-order valence-electron chi connectivity index (χ1n) is 5.71. The van der Waals surface area contributed by atoms with Gasteiger partial charge in [-0.1, -0.05) is 6.07 Å². The smallest absolute Gasteiger partial charge is 0.226 e. The molecule has 1 aliphatic heterocycles. The van der Waals surface area contributed by atoms with Gasteiger partial charge in [0.05, 0.1) is 4.88 Å². The lowest BCUT2D eigenvalue weighted by molar-refractivity contribution is -0.906. The van der Waals surface area contributed by atoms with Gasteiger partial charge in [0.1, 0.15) is 31.8 Å². The number of ether oxygens (including phenoxy) is 1. The van der Waals surface area contributed by atoms with Crippen molar-refractivity contribution in [1.29, 1.82) is 0 Å². The molecule has 1 N–H and O–H groups in total. The van der Waals surface area contributed by atoms with Gasteiger partial charge >= 0.3 is 0 Å². The van der Waals surface area contributed by atoms with Crippen LogP contribution in [0.3, 0.4) is 0 Å². The molecule has 0 aromatic carbocycles. The lowest BCUT2D eigenvalue weighted by Gasteiger charge is -2.31. The minimum Gasteiger partial charge on any atom is -0.364 e. The van der Waals surface area contributed by atoms with Crippen LogP contribution in [-0.2, 0) is 4.74 Å². The molecular formula is C12H18NO2S+. The number of carbonyl (C=O) groups excluding carboxylic acids is 1. The number of morpholine rings is 1. The molecule has 88 valence electrons. The van der Waals surface area contributed by atoms with E-state index in [1.54, 1.807) is 0 Å². The lowest BCUT2D eigenvalue weighted by Crippen LogP contribution is -3.16. The minimum absolute atomic E-state index is 0.256. The normalized spacial score (nSPS) is 30.2. The maximum Gasteiger partial charge on any atom is 0.226 e. The number of rotatable bonds is 3. The van der Waals surface area contributed by atoms with Crippen molar-refractivity contribution in [3.63, 3.8) is 0 Å². The number of quaternary nitrogens is 1. The number of Topliss-reactive ketones (excluding diaryl/α,β-unsaturated/α-hetero) is 1. The molecule has 0 aliphatic carbocycles. The molecule has 0 saturated carbocycles. The summed E-state index contributed by atoms with van der Waals surface area (Å²) in [5.41, 5.74) is 0. The zero-order valence-electron chi connectivity index (χ0n) is 9.73. The second-order valence-electron chi connectivity index (χ2n) is 4.49. The number of hydrogen-bond donors (Lipinski definition) is 1. The van der Waals surface area contributed by atoms with Crippen LogP contribution in [0.2, 0.25) is 0 Å². The summed E-state index contributed by atoms with van der Waals surface area (Å²) < 4.78 is 5.66. The van der Waals surface area contributed by atoms with Gasteiger partial charge in [0.15, 0.2) is 0 Å². The molecule has 2 atom stereocenters. The highest BCUT2D eigenvalue weighted by Gasteiger charge is 2.27. The van der Waals surface area contributed by atoms with E-state index in [0.29, 0.717) is 6.54 Å². The molecule has 3 nitrogen and oxygen atoms in total. The molecule has 1 aromatic rings. The Labute approximate surface area is 100 Å². The minimum atomic E-state index is 0.256. The van der Waals surface area contributed by atoms with E-state index in [0.717, 1.165) is 18.0 Å². The average molecular weight is 240 g/mol. The summed E-state index contributed by atoms with van der Waals surface area (Å²) in [5, 5.41) is 1.95. The Morgan fingerprint density at radius 3 is 2.75 bits per heavy atom. The van der Waals surface area contributed by atoms with Gasteiger partial charge in [0.25, 0.3) is 0 Å². The second-order valence-corrected chi connectivity index (χ2v) is 5.44. The molecule has 1 saturated heterocycles. The van der Waals surface area contributed by atoms with Gasteiger partial charge in [-0.05, 0) is 25.3 Å². The summed E-state index contributed by atoms with van der Waals surface area (Å²) in [5.74, 6) is 0.256. The van der Waals surface area contributed by atoms with E-state index in [2.05, 4.69) is 13.8 Å². The first-order chi connectivity index (χ1) is 7.65. The zero-order valence-corrected chi connectivity index (χ0v) is 10.5. The highest BCUT2D eigenvalue weighted by atomic mass is 32.1. The van der Waals surface area contributed by atoms with Gasteiger partial charge in [-0.25, -0.2) is 0 Å². The number of nitrogens with one attached hydrogen (secondary N) is 1. The summed E-state index contributed by atoms with van der Waals surface area (Å²) in [6.45, 7) is 6.61. The molecule has 1 aliphatic rings. The molecule has 1 aromatic heterocycles. The molecule has 0 spiro atoms. The van der Waals surface area contributed by atoms with Gasteiger partial charge in [-0.2, -0.15) is 0 Å². The standard InChI is InChI=1S/C12H17NO2S/c1-9-6-13(7-10(2)15-9)8-11(14)12-4-3-5-16-12/h3-5,9-10H,6-8H2,1-2H3/p+1/t9-,10-/m1/s1. The first-order valence-corrected chi connectivity index (χ1v) is 6.59. The van der Waals surface area contributed by atoms with E-state index in [4.69, 9.17) is 4.74 Å². The molecule has 0 bridgehead atoms. The lowest BCUT2D eigenvalue weighted by atomic mass is 10.2. The Morgan fingerprint density at radius 2 is 2.19 bits per heavy atom. The third kappa shape index (κ3) is 2.90. The number of ketones is 1. The number of carbonyl (C=O) groups is 1. The van der Waals surface area contributed by atoms with Gasteiger partial charge in [0, 0.05) is 0 Å². The van der Waals surface area contributed by atoms with Gasteiger partial charge < -0.3 is 9.64 Å². The molecule has 2 heterocycles. The van der Waals surface area contributed by atoms with Gasteiger partial charge in [0.2, 0.25) is 5.78 Å². The number of hydrogen-bond acceptors (Lipinski definition) is 3. The Balaban J connectivity index is 1.92. The summed E-state index contributed by atoms with van der Waals surface area (Å²) in [4.78, 5) is 14.1. The van der Waals surface area contributed by atoms with Crippen LogP contribution in [-0.4, -0.2) is 37.6 Å². The Morgan fingerprint density at radius 1 is 1.50 bits per heavy atom. The summed E-state index contributed by atoms with van der Waals surface area (Å²) >= 11 is 1.53. The molecule has 2 rings (SSSR count). The fourth-order valence-corrected chi connectivity index (χ4v) is 2.95. The Hall–Kier alpha value is -0.710. The van der Waals surface area contributed by atoms with E-state index in [1.165, 1.54) is 16.2 Å². The van der Waals surface area contributed by atoms with Crippen molar-refractivity contribution in [2.24, 2.45) is 0 Å². The molecule has 4 heteroatoms. The van der Waals surface area contributed by atoms with E-state index >= 15 is 0 Å².